The number of hydrogen-bond donors (Lipinski definition) is 4. The van der Waals surface area contributed by atoms with Crippen molar-refractivity contribution >= 4 is 11.7 Å². The van der Waals surface area contributed by atoms with Crippen LogP contribution in [0.2, 0.25) is 0 Å². The van der Waals surface area contributed by atoms with Gasteiger partial charge in [-0.05, 0) is 5.56 Å². The number of amidine groups is 2. The van der Waals surface area contributed by atoms with Crippen molar-refractivity contribution in [1.29, 1.82) is 10.8 Å². The highest BCUT2D eigenvalue weighted by Gasteiger charge is 2.17. The van der Waals surface area contributed by atoms with Crippen molar-refractivity contribution in [2.24, 2.45) is 11.5 Å². The average Bonchev–Trinajstić information content (AvgIpc) is 3.18. The standard InChI is InChI=1S/C23H21N7/c24-22(25)18-10-6-16(7-11-18)20-21(17-8-12-19(13-9-17)23(26)27)30(29-28-20)14-15-4-2-1-3-5-15/h1-13H,14H2,(H3,24,25)(H3,26,27). The van der Waals surface area contributed by atoms with Gasteiger partial charge in [0.2, 0.25) is 0 Å². The third-order valence-corrected chi connectivity index (χ3v) is 4.85. The molecule has 0 bridgehead atoms. The molecule has 30 heavy (non-hydrogen) atoms. The van der Waals surface area contributed by atoms with E-state index in [1.807, 2.05) is 71.4 Å². The lowest BCUT2D eigenvalue weighted by atomic mass is 10.0. The van der Waals surface area contributed by atoms with Gasteiger partial charge in [0.25, 0.3) is 0 Å². The van der Waals surface area contributed by atoms with Crippen LogP contribution in [0.4, 0.5) is 0 Å². The van der Waals surface area contributed by atoms with Gasteiger partial charge in [0.1, 0.15) is 17.4 Å². The fourth-order valence-corrected chi connectivity index (χ4v) is 3.28. The molecule has 0 saturated heterocycles. The minimum absolute atomic E-state index is 0.0225. The van der Waals surface area contributed by atoms with Gasteiger partial charge >= 0.3 is 0 Å². The van der Waals surface area contributed by atoms with Crippen LogP contribution < -0.4 is 11.5 Å². The minimum atomic E-state index is 0.0225. The zero-order valence-electron chi connectivity index (χ0n) is 16.2. The quantitative estimate of drug-likeness (QED) is 0.295. The molecule has 0 fully saturated rings. The first-order chi connectivity index (χ1) is 14.5. The third-order valence-electron chi connectivity index (χ3n) is 4.85. The number of hydrogen-bond acceptors (Lipinski definition) is 4. The van der Waals surface area contributed by atoms with Crippen LogP contribution in [0.3, 0.4) is 0 Å². The molecule has 0 amide bonds. The zero-order chi connectivity index (χ0) is 21.1. The number of nitrogens with two attached hydrogens (primary N) is 2. The molecule has 0 spiro atoms. The van der Waals surface area contributed by atoms with E-state index in [1.54, 1.807) is 12.1 Å². The molecule has 0 unspecified atom stereocenters. The van der Waals surface area contributed by atoms with Gasteiger partial charge in [-0.2, -0.15) is 0 Å². The van der Waals surface area contributed by atoms with E-state index in [9.17, 15) is 0 Å². The molecule has 1 aromatic heterocycles. The Morgan fingerprint density at radius 3 is 1.80 bits per heavy atom. The van der Waals surface area contributed by atoms with Gasteiger partial charge < -0.3 is 11.5 Å². The molecule has 7 heteroatoms. The smallest absolute Gasteiger partial charge is 0.122 e. The molecule has 0 aliphatic carbocycles. The molecule has 3 aromatic carbocycles. The fourth-order valence-electron chi connectivity index (χ4n) is 3.28. The van der Waals surface area contributed by atoms with Crippen LogP contribution in [0.1, 0.15) is 16.7 Å². The van der Waals surface area contributed by atoms with E-state index in [1.165, 1.54) is 0 Å². The van der Waals surface area contributed by atoms with Crippen molar-refractivity contribution in [1.82, 2.24) is 15.0 Å². The normalized spacial score (nSPS) is 10.7. The number of aromatic nitrogens is 3. The summed E-state index contributed by atoms with van der Waals surface area (Å²) in [6.45, 7) is 0.573. The zero-order valence-corrected chi connectivity index (χ0v) is 16.2. The lowest BCUT2D eigenvalue weighted by molar-refractivity contribution is 0.656. The van der Waals surface area contributed by atoms with Gasteiger partial charge in [-0.25, -0.2) is 4.68 Å². The van der Waals surface area contributed by atoms with Crippen molar-refractivity contribution in [2.45, 2.75) is 6.54 Å². The van der Waals surface area contributed by atoms with Crippen LogP contribution >= 0.6 is 0 Å². The van der Waals surface area contributed by atoms with Crippen molar-refractivity contribution in [3.63, 3.8) is 0 Å². The highest BCUT2D eigenvalue weighted by molar-refractivity contribution is 5.96. The predicted octanol–water partition coefficient (Wildman–Crippen LogP) is 3.23. The third kappa shape index (κ3) is 3.81. The Kier molecular flexibility index (Phi) is 5.09. The summed E-state index contributed by atoms with van der Waals surface area (Å²) in [5, 5.41) is 24.1. The summed E-state index contributed by atoms with van der Waals surface area (Å²) in [6.07, 6.45) is 0. The predicted molar refractivity (Wildman–Crippen MR) is 118 cm³/mol. The molecule has 0 radical (unpaired) electrons. The molecule has 6 N–H and O–H groups in total. The lowest BCUT2D eigenvalue weighted by Crippen LogP contribution is -2.10. The van der Waals surface area contributed by atoms with Gasteiger partial charge in [0.15, 0.2) is 0 Å². The number of nitrogens with one attached hydrogen (secondary N) is 2. The first-order valence-electron chi connectivity index (χ1n) is 9.40. The van der Waals surface area contributed by atoms with E-state index in [0.717, 1.165) is 28.1 Å². The highest BCUT2D eigenvalue weighted by Crippen LogP contribution is 2.31. The Morgan fingerprint density at radius 2 is 1.27 bits per heavy atom. The fraction of sp³-hybridized carbons (Fsp3) is 0.0435. The molecule has 0 aliphatic rings. The molecule has 0 aliphatic heterocycles. The van der Waals surface area contributed by atoms with E-state index in [2.05, 4.69) is 10.3 Å². The van der Waals surface area contributed by atoms with Crippen LogP contribution in [0.15, 0.2) is 78.9 Å². The second kappa shape index (κ2) is 8.00. The second-order valence-electron chi connectivity index (χ2n) is 6.91. The Hall–Kier alpha value is -4.26. The van der Waals surface area contributed by atoms with Crippen molar-refractivity contribution in [3.05, 3.63) is 95.6 Å². The summed E-state index contributed by atoms with van der Waals surface area (Å²) >= 11 is 0. The Balaban J connectivity index is 1.81. The van der Waals surface area contributed by atoms with Gasteiger partial charge in [0, 0.05) is 22.3 Å². The molecule has 4 rings (SSSR count). The summed E-state index contributed by atoms with van der Waals surface area (Å²) in [4.78, 5) is 0. The average molecular weight is 395 g/mol. The Morgan fingerprint density at radius 1 is 0.733 bits per heavy atom. The topological polar surface area (TPSA) is 130 Å². The van der Waals surface area contributed by atoms with E-state index < -0.39 is 0 Å². The van der Waals surface area contributed by atoms with Crippen molar-refractivity contribution < 1.29 is 0 Å². The van der Waals surface area contributed by atoms with Gasteiger partial charge in [-0.3, -0.25) is 10.8 Å². The molecule has 148 valence electrons. The molecular weight excluding hydrogens is 374 g/mol. The van der Waals surface area contributed by atoms with E-state index in [-0.39, 0.29) is 11.7 Å². The monoisotopic (exact) mass is 395 g/mol. The molecule has 7 nitrogen and oxygen atoms in total. The largest absolute Gasteiger partial charge is 0.384 e. The summed E-state index contributed by atoms with van der Waals surface area (Å²) in [6, 6.07) is 24.9. The molecular formula is C23H21N7. The Bertz CT molecular complexity index is 1190. The van der Waals surface area contributed by atoms with Crippen molar-refractivity contribution in [3.8, 4) is 22.5 Å². The maximum absolute atomic E-state index is 7.62. The first-order valence-corrected chi connectivity index (χ1v) is 9.40. The maximum atomic E-state index is 7.62. The first kappa shape index (κ1) is 19.1. The van der Waals surface area contributed by atoms with Crippen LogP contribution in [-0.4, -0.2) is 26.7 Å². The summed E-state index contributed by atoms with van der Waals surface area (Å²) < 4.78 is 1.87. The van der Waals surface area contributed by atoms with Crippen molar-refractivity contribution in [2.75, 3.05) is 0 Å². The van der Waals surface area contributed by atoms with E-state index >= 15 is 0 Å². The van der Waals surface area contributed by atoms with E-state index in [0.29, 0.717) is 17.7 Å². The Labute approximate surface area is 174 Å². The summed E-state index contributed by atoms with van der Waals surface area (Å²) in [5.41, 5.74) is 17.0. The molecule has 0 atom stereocenters. The molecule has 0 saturated carbocycles. The molecule has 4 aromatic rings. The lowest BCUT2D eigenvalue weighted by Gasteiger charge is -2.10. The summed E-state index contributed by atoms with van der Waals surface area (Å²) in [5.74, 6) is 0.0480. The van der Waals surface area contributed by atoms with Crippen LogP contribution in [0.5, 0.6) is 0 Å². The number of rotatable bonds is 6. The van der Waals surface area contributed by atoms with Crippen LogP contribution in [0, 0.1) is 10.8 Å². The van der Waals surface area contributed by atoms with Gasteiger partial charge in [-0.15, -0.1) is 5.10 Å². The maximum Gasteiger partial charge on any atom is 0.122 e. The minimum Gasteiger partial charge on any atom is -0.384 e. The second-order valence-corrected chi connectivity index (χ2v) is 6.91. The number of benzene rings is 3. The van der Waals surface area contributed by atoms with Crippen LogP contribution in [-0.2, 0) is 6.54 Å². The molecule has 1 heterocycles. The highest BCUT2D eigenvalue weighted by atomic mass is 15.4. The van der Waals surface area contributed by atoms with Gasteiger partial charge in [-0.1, -0.05) is 84.1 Å². The SMILES string of the molecule is N=C(N)c1ccc(-c2nnn(Cc3ccccc3)c2-c2ccc(C(=N)N)cc2)cc1. The number of nitrogens with zero attached hydrogens (tertiary/aromatic N) is 3. The van der Waals surface area contributed by atoms with Crippen LogP contribution in [0.25, 0.3) is 22.5 Å². The van der Waals surface area contributed by atoms with Gasteiger partial charge in [0.05, 0.1) is 12.2 Å². The van der Waals surface area contributed by atoms with E-state index in [4.69, 9.17) is 22.3 Å². The summed E-state index contributed by atoms with van der Waals surface area (Å²) in [7, 11) is 0. The number of nitrogen functional groups attached to an aromatic ring is 2.